The van der Waals surface area contributed by atoms with Gasteiger partial charge in [-0.3, -0.25) is 0 Å². The fraction of sp³-hybridized carbons (Fsp3) is 0.471. The second-order valence-corrected chi connectivity index (χ2v) is 6.74. The van der Waals surface area contributed by atoms with E-state index in [4.69, 9.17) is 16.1 Å². The molecule has 5 nitrogen and oxygen atoms in total. The van der Waals surface area contributed by atoms with Gasteiger partial charge in [0.15, 0.2) is 5.82 Å². The number of nitrogens with zero attached hydrogens (tertiary/aromatic N) is 4. The molecule has 1 saturated heterocycles. The Morgan fingerprint density at radius 2 is 1.96 bits per heavy atom. The number of hydrogen-bond acceptors (Lipinski definition) is 5. The lowest BCUT2D eigenvalue weighted by Crippen LogP contribution is -2.33. The first kappa shape index (κ1) is 14.5. The van der Waals surface area contributed by atoms with Crippen molar-refractivity contribution in [2.45, 2.75) is 37.5 Å². The Balaban J connectivity index is 1.45. The molecule has 1 aromatic carbocycles. The average molecular weight is 329 g/mol. The Morgan fingerprint density at radius 3 is 2.65 bits per heavy atom. The number of rotatable bonds is 3. The summed E-state index contributed by atoms with van der Waals surface area (Å²) in [5.41, 5.74) is 1.59. The predicted octanol–water partition coefficient (Wildman–Crippen LogP) is 3.86. The molecule has 0 spiro atoms. The summed E-state index contributed by atoms with van der Waals surface area (Å²) in [7, 11) is 0. The minimum atomic E-state index is 0.348. The second-order valence-electron chi connectivity index (χ2n) is 6.30. The van der Waals surface area contributed by atoms with E-state index in [-0.39, 0.29) is 0 Å². The van der Waals surface area contributed by atoms with Crippen LogP contribution in [0.5, 0.6) is 0 Å². The fourth-order valence-corrected chi connectivity index (χ4v) is 3.33. The third-order valence-electron chi connectivity index (χ3n) is 4.66. The summed E-state index contributed by atoms with van der Waals surface area (Å²) in [5, 5.41) is 14.1. The first-order valence-corrected chi connectivity index (χ1v) is 8.40. The predicted molar refractivity (Wildman–Crippen MR) is 86.6 cm³/mol. The quantitative estimate of drug-likeness (QED) is 0.856. The first-order valence-electron chi connectivity index (χ1n) is 8.02. The van der Waals surface area contributed by atoms with Gasteiger partial charge in [-0.2, -0.15) is 10.2 Å². The molecule has 118 valence electrons. The van der Waals surface area contributed by atoms with Crippen molar-refractivity contribution in [2.24, 2.45) is 0 Å². The smallest absolute Gasteiger partial charge is 0.229 e. The van der Waals surface area contributed by atoms with Gasteiger partial charge in [-0.15, -0.1) is 0 Å². The summed E-state index contributed by atoms with van der Waals surface area (Å²) >= 11 is 5.97. The monoisotopic (exact) mass is 328 g/mol. The highest BCUT2D eigenvalue weighted by molar-refractivity contribution is 6.30. The van der Waals surface area contributed by atoms with Crippen LogP contribution >= 0.6 is 11.6 Å². The second kappa shape index (κ2) is 5.86. The number of hydrogen-bond donors (Lipinski definition) is 0. The number of anilines is 1. The number of aromatic nitrogens is 2. The Hall–Kier alpha value is -2.06. The summed E-state index contributed by atoms with van der Waals surface area (Å²) in [6.07, 6.45) is 4.29. The highest BCUT2D eigenvalue weighted by Gasteiger charge is 2.32. The zero-order valence-corrected chi connectivity index (χ0v) is 13.5. The molecule has 4 rings (SSSR count). The number of nitriles is 1. The fourth-order valence-electron chi connectivity index (χ4n) is 3.16. The van der Waals surface area contributed by atoms with Crippen LogP contribution < -0.4 is 4.90 Å². The molecule has 0 atom stereocenters. The Kier molecular flexibility index (Phi) is 3.70. The SMILES string of the molecule is N#Cc1cc(Cl)ccc1N1CCC(c2noc(C3CC3)n2)CC1. The van der Waals surface area contributed by atoms with E-state index >= 15 is 0 Å². The third kappa shape index (κ3) is 2.91. The van der Waals surface area contributed by atoms with Crippen molar-refractivity contribution in [3.63, 3.8) is 0 Å². The van der Waals surface area contributed by atoms with Gasteiger partial charge in [-0.05, 0) is 43.9 Å². The van der Waals surface area contributed by atoms with Crippen LogP contribution in [0, 0.1) is 11.3 Å². The van der Waals surface area contributed by atoms with Crippen molar-refractivity contribution in [3.05, 3.63) is 40.5 Å². The molecule has 0 unspecified atom stereocenters. The molecule has 0 bridgehead atoms. The van der Waals surface area contributed by atoms with Gasteiger partial charge in [0, 0.05) is 29.9 Å². The lowest BCUT2D eigenvalue weighted by atomic mass is 9.95. The van der Waals surface area contributed by atoms with Crippen molar-refractivity contribution in [1.29, 1.82) is 5.26 Å². The molecule has 1 aliphatic carbocycles. The van der Waals surface area contributed by atoms with Gasteiger partial charge >= 0.3 is 0 Å². The number of piperidine rings is 1. The molecule has 0 amide bonds. The molecular formula is C17H17ClN4O. The van der Waals surface area contributed by atoms with Crippen molar-refractivity contribution >= 4 is 17.3 Å². The molecule has 2 heterocycles. The summed E-state index contributed by atoms with van der Waals surface area (Å²) in [6, 6.07) is 7.73. The summed E-state index contributed by atoms with van der Waals surface area (Å²) in [6.45, 7) is 1.77. The number of halogens is 1. The van der Waals surface area contributed by atoms with E-state index in [1.165, 1.54) is 12.8 Å². The van der Waals surface area contributed by atoms with Gasteiger partial charge in [-0.25, -0.2) is 0 Å². The van der Waals surface area contributed by atoms with E-state index in [1.807, 2.05) is 12.1 Å². The minimum Gasteiger partial charge on any atom is -0.370 e. The zero-order chi connectivity index (χ0) is 15.8. The van der Waals surface area contributed by atoms with Crippen LogP contribution in [0.3, 0.4) is 0 Å². The Morgan fingerprint density at radius 1 is 1.17 bits per heavy atom. The summed E-state index contributed by atoms with van der Waals surface area (Å²) < 4.78 is 5.37. The zero-order valence-electron chi connectivity index (χ0n) is 12.7. The van der Waals surface area contributed by atoms with Crippen LogP contribution in [-0.2, 0) is 0 Å². The first-order chi connectivity index (χ1) is 11.2. The minimum absolute atomic E-state index is 0.348. The maximum Gasteiger partial charge on any atom is 0.229 e. The van der Waals surface area contributed by atoms with E-state index in [0.29, 0.717) is 22.4 Å². The molecule has 1 aliphatic heterocycles. The van der Waals surface area contributed by atoms with Gasteiger partial charge < -0.3 is 9.42 Å². The standard InChI is InChI=1S/C17H17ClN4O/c18-14-3-4-15(13(9-14)10-19)22-7-5-11(6-8-22)16-20-17(23-21-16)12-1-2-12/h3-4,9,11-12H,1-2,5-8H2. The highest BCUT2D eigenvalue weighted by Crippen LogP contribution is 2.40. The molecule has 2 aliphatic rings. The molecule has 1 saturated carbocycles. The molecule has 2 fully saturated rings. The normalized spacial score (nSPS) is 18.9. The van der Waals surface area contributed by atoms with Crippen molar-refractivity contribution in [2.75, 3.05) is 18.0 Å². The van der Waals surface area contributed by atoms with Crippen molar-refractivity contribution < 1.29 is 4.52 Å². The molecule has 0 N–H and O–H groups in total. The topological polar surface area (TPSA) is 66.0 Å². The average Bonchev–Trinajstić information content (AvgIpc) is 3.32. The largest absolute Gasteiger partial charge is 0.370 e. The molecule has 2 aromatic rings. The Bertz CT molecular complexity index is 754. The van der Waals surface area contributed by atoms with E-state index in [1.54, 1.807) is 6.07 Å². The molecule has 1 aromatic heterocycles. The molecule has 6 heteroatoms. The lowest BCUT2D eigenvalue weighted by Gasteiger charge is -2.32. The van der Waals surface area contributed by atoms with E-state index < -0.39 is 0 Å². The van der Waals surface area contributed by atoms with Crippen LogP contribution in [0.15, 0.2) is 22.7 Å². The van der Waals surface area contributed by atoms with Gasteiger partial charge in [-0.1, -0.05) is 16.8 Å². The van der Waals surface area contributed by atoms with E-state index in [2.05, 4.69) is 21.1 Å². The van der Waals surface area contributed by atoms with Crippen molar-refractivity contribution in [1.82, 2.24) is 10.1 Å². The van der Waals surface area contributed by atoms with Crippen LogP contribution in [0.4, 0.5) is 5.69 Å². The van der Waals surface area contributed by atoms with Gasteiger partial charge in [0.05, 0.1) is 11.3 Å². The third-order valence-corrected chi connectivity index (χ3v) is 4.90. The molecular weight excluding hydrogens is 312 g/mol. The maximum atomic E-state index is 9.30. The highest BCUT2D eigenvalue weighted by atomic mass is 35.5. The van der Waals surface area contributed by atoms with Crippen LogP contribution in [0.1, 0.15) is 54.8 Å². The summed E-state index contributed by atoms with van der Waals surface area (Å²) in [5.74, 6) is 2.51. The van der Waals surface area contributed by atoms with Crippen LogP contribution in [0.2, 0.25) is 5.02 Å². The van der Waals surface area contributed by atoms with Gasteiger partial charge in [0.2, 0.25) is 5.89 Å². The summed E-state index contributed by atoms with van der Waals surface area (Å²) in [4.78, 5) is 6.82. The van der Waals surface area contributed by atoms with E-state index in [0.717, 1.165) is 43.3 Å². The maximum absolute atomic E-state index is 9.30. The van der Waals surface area contributed by atoms with Crippen LogP contribution in [-0.4, -0.2) is 23.2 Å². The van der Waals surface area contributed by atoms with E-state index in [9.17, 15) is 5.26 Å². The Labute approximate surface area is 139 Å². The molecule has 23 heavy (non-hydrogen) atoms. The van der Waals surface area contributed by atoms with Crippen molar-refractivity contribution in [3.8, 4) is 6.07 Å². The van der Waals surface area contributed by atoms with Gasteiger partial charge in [0.1, 0.15) is 6.07 Å². The molecule has 0 radical (unpaired) electrons. The van der Waals surface area contributed by atoms with Gasteiger partial charge in [0.25, 0.3) is 0 Å². The van der Waals surface area contributed by atoms with Crippen LogP contribution in [0.25, 0.3) is 0 Å². The lowest BCUT2D eigenvalue weighted by molar-refractivity contribution is 0.365. The number of benzene rings is 1.